The Morgan fingerprint density at radius 3 is 2.45 bits per heavy atom. The molecule has 0 heterocycles. The Morgan fingerprint density at radius 2 is 1.95 bits per heavy atom. The summed E-state index contributed by atoms with van der Waals surface area (Å²) >= 11 is 5.92. The molecule has 0 N–H and O–H groups in total. The summed E-state index contributed by atoms with van der Waals surface area (Å²) in [6.45, 7) is 3.51. The van der Waals surface area contributed by atoms with Crippen LogP contribution in [0.4, 0.5) is 0 Å². The highest BCUT2D eigenvalue weighted by atomic mass is 35.5. The van der Waals surface area contributed by atoms with E-state index in [-0.39, 0.29) is 18.5 Å². The second kappa shape index (κ2) is 7.14. The van der Waals surface area contributed by atoms with E-state index in [2.05, 4.69) is 4.74 Å². The van der Waals surface area contributed by atoms with Crippen LogP contribution in [-0.4, -0.2) is 43.6 Å². The third-order valence-corrected chi connectivity index (χ3v) is 3.04. The highest BCUT2D eigenvalue weighted by Crippen LogP contribution is 2.24. The molecular weight excluding hydrogens is 282 g/mol. The van der Waals surface area contributed by atoms with Gasteiger partial charge in [0.05, 0.1) is 19.8 Å². The molecule has 0 bridgehead atoms. The largest absolute Gasteiger partial charge is 0.496 e. The number of benzene rings is 1. The SMILES string of the molecule is COC(=O)CN(C(=O)c1cc(Cl)ccc1OC)C(C)C. The van der Waals surface area contributed by atoms with Crippen LogP contribution in [0.2, 0.25) is 5.02 Å². The molecule has 6 heteroatoms. The van der Waals surface area contributed by atoms with Crippen molar-refractivity contribution in [3.8, 4) is 5.75 Å². The average Bonchev–Trinajstić information content (AvgIpc) is 2.43. The molecule has 0 saturated heterocycles. The summed E-state index contributed by atoms with van der Waals surface area (Å²) in [6.07, 6.45) is 0. The van der Waals surface area contributed by atoms with Crippen molar-refractivity contribution < 1.29 is 19.1 Å². The van der Waals surface area contributed by atoms with E-state index in [0.29, 0.717) is 16.3 Å². The third kappa shape index (κ3) is 3.87. The maximum absolute atomic E-state index is 12.5. The Morgan fingerprint density at radius 1 is 1.30 bits per heavy atom. The van der Waals surface area contributed by atoms with Gasteiger partial charge in [-0.25, -0.2) is 0 Å². The minimum atomic E-state index is -0.479. The first-order chi connectivity index (χ1) is 9.40. The van der Waals surface area contributed by atoms with Crippen molar-refractivity contribution in [1.82, 2.24) is 4.90 Å². The fourth-order valence-corrected chi connectivity index (χ4v) is 1.87. The van der Waals surface area contributed by atoms with Gasteiger partial charge >= 0.3 is 5.97 Å². The van der Waals surface area contributed by atoms with Crippen LogP contribution in [-0.2, 0) is 9.53 Å². The van der Waals surface area contributed by atoms with Crippen LogP contribution in [0.3, 0.4) is 0 Å². The van der Waals surface area contributed by atoms with Crippen molar-refractivity contribution in [2.75, 3.05) is 20.8 Å². The van der Waals surface area contributed by atoms with Crippen molar-refractivity contribution in [2.24, 2.45) is 0 Å². The molecule has 0 aliphatic carbocycles. The minimum Gasteiger partial charge on any atom is -0.496 e. The fourth-order valence-electron chi connectivity index (χ4n) is 1.69. The summed E-state index contributed by atoms with van der Waals surface area (Å²) in [5, 5.41) is 0.427. The number of nitrogens with zero attached hydrogens (tertiary/aromatic N) is 1. The maximum Gasteiger partial charge on any atom is 0.325 e. The van der Waals surface area contributed by atoms with Crippen molar-refractivity contribution in [2.45, 2.75) is 19.9 Å². The molecule has 0 aliphatic heterocycles. The number of hydrogen-bond acceptors (Lipinski definition) is 4. The normalized spacial score (nSPS) is 10.3. The van der Waals surface area contributed by atoms with Gasteiger partial charge in [-0.2, -0.15) is 0 Å². The lowest BCUT2D eigenvalue weighted by atomic mass is 10.1. The van der Waals surface area contributed by atoms with Crippen molar-refractivity contribution in [3.05, 3.63) is 28.8 Å². The van der Waals surface area contributed by atoms with Crippen LogP contribution in [0, 0.1) is 0 Å². The van der Waals surface area contributed by atoms with Crippen LogP contribution < -0.4 is 4.74 Å². The van der Waals surface area contributed by atoms with Crippen LogP contribution in [0.1, 0.15) is 24.2 Å². The zero-order chi connectivity index (χ0) is 15.3. The molecule has 0 saturated carbocycles. The summed E-state index contributed by atoms with van der Waals surface area (Å²) in [6, 6.07) is 4.61. The summed E-state index contributed by atoms with van der Waals surface area (Å²) in [5.74, 6) is -0.396. The van der Waals surface area contributed by atoms with E-state index in [1.807, 2.05) is 13.8 Å². The van der Waals surface area contributed by atoms with Crippen molar-refractivity contribution in [3.63, 3.8) is 0 Å². The average molecular weight is 300 g/mol. The van der Waals surface area contributed by atoms with Gasteiger partial charge in [-0.3, -0.25) is 9.59 Å². The number of halogens is 1. The Balaban J connectivity index is 3.12. The van der Waals surface area contributed by atoms with Gasteiger partial charge < -0.3 is 14.4 Å². The Kier molecular flexibility index (Phi) is 5.82. The molecule has 1 aromatic rings. The van der Waals surface area contributed by atoms with E-state index in [9.17, 15) is 9.59 Å². The Hall–Kier alpha value is -1.75. The van der Waals surface area contributed by atoms with E-state index in [4.69, 9.17) is 16.3 Å². The number of esters is 1. The van der Waals surface area contributed by atoms with Crippen molar-refractivity contribution in [1.29, 1.82) is 0 Å². The van der Waals surface area contributed by atoms with Crippen LogP contribution in [0.5, 0.6) is 5.75 Å². The predicted molar refractivity (Wildman–Crippen MR) is 76.2 cm³/mol. The molecule has 20 heavy (non-hydrogen) atoms. The van der Waals surface area contributed by atoms with Gasteiger partial charge in [-0.05, 0) is 32.0 Å². The first-order valence-corrected chi connectivity index (χ1v) is 6.49. The molecular formula is C14H18ClNO4. The van der Waals surface area contributed by atoms with E-state index in [1.54, 1.807) is 12.1 Å². The first-order valence-electron chi connectivity index (χ1n) is 6.12. The van der Waals surface area contributed by atoms with E-state index >= 15 is 0 Å². The number of carbonyl (C=O) groups is 2. The van der Waals surface area contributed by atoms with Gasteiger partial charge in [-0.15, -0.1) is 0 Å². The van der Waals surface area contributed by atoms with E-state index < -0.39 is 5.97 Å². The standard InChI is InChI=1S/C14H18ClNO4/c1-9(2)16(8-13(17)20-4)14(18)11-7-10(15)5-6-12(11)19-3/h5-7,9H,8H2,1-4H3. The zero-order valence-corrected chi connectivity index (χ0v) is 12.7. The highest BCUT2D eigenvalue weighted by Gasteiger charge is 2.24. The summed E-state index contributed by atoms with van der Waals surface area (Å²) < 4.78 is 9.77. The molecule has 0 spiro atoms. The van der Waals surface area contributed by atoms with Crippen LogP contribution in [0.15, 0.2) is 18.2 Å². The maximum atomic E-state index is 12.5. The highest BCUT2D eigenvalue weighted by molar-refractivity contribution is 6.31. The minimum absolute atomic E-state index is 0.122. The van der Waals surface area contributed by atoms with E-state index in [1.165, 1.54) is 25.2 Å². The lowest BCUT2D eigenvalue weighted by Crippen LogP contribution is -2.41. The molecule has 110 valence electrons. The van der Waals surface area contributed by atoms with Gasteiger partial charge in [0, 0.05) is 11.1 Å². The first kappa shape index (κ1) is 16.3. The molecule has 0 atom stereocenters. The monoisotopic (exact) mass is 299 g/mol. The molecule has 0 fully saturated rings. The van der Waals surface area contributed by atoms with Crippen molar-refractivity contribution >= 4 is 23.5 Å². The number of carbonyl (C=O) groups excluding carboxylic acids is 2. The molecule has 5 nitrogen and oxygen atoms in total. The molecule has 1 amide bonds. The second-order valence-corrected chi connectivity index (χ2v) is 4.88. The molecule has 1 rings (SSSR count). The number of ether oxygens (including phenoxy) is 2. The predicted octanol–water partition coefficient (Wildman–Crippen LogP) is 2.37. The Labute approximate surface area is 123 Å². The number of rotatable bonds is 5. The number of hydrogen-bond donors (Lipinski definition) is 0. The number of methoxy groups -OCH3 is 2. The van der Waals surface area contributed by atoms with E-state index in [0.717, 1.165) is 0 Å². The quantitative estimate of drug-likeness (QED) is 0.783. The molecule has 0 unspecified atom stereocenters. The Bertz CT molecular complexity index is 502. The van der Waals surface area contributed by atoms with Crippen LogP contribution >= 0.6 is 11.6 Å². The lowest BCUT2D eigenvalue weighted by molar-refractivity contribution is -0.141. The number of amides is 1. The third-order valence-electron chi connectivity index (χ3n) is 2.80. The molecule has 0 radical (unpaired) electrons. The van der Waals surface area contributed by atoms with Gasteiger partial charge in [0.25, 0.3) is 5.91 Å². The molecule has 0 aliphatic rings. The van der Waals surface area contributed by atoms with Gasteiger partial charge in [0.2, 0.25) is 0 Å². The topological polar surface area (TPSA) is 55.8 Å². The zero-order valence-electron chi connectivity index (χ0n) is 12.0. The summed E-state index contributed by atoms with van der Waals surface area (Å²) in [4.78, 5) is 25.4. The fraction of sp³-hybridized carbons (Fsp3) is 0.429. The lowest BCUT2D eigenvalue weighted by Gasteiger charge is -2.26. The molecule has 1 aromatic carbocycles. The van der Waals surface area contributed by atoms with Gasteiger partial charge in [-0.1, -0.05) is 11.6 Å². The van der Waals surface area contributed by atoms with Gasteiger partial charge in [0.15, 0.2) is 0 Å². The van der Waals surface area contributed by atoms with Crippen LogP contribution in [0.25, 0.3) is 0 Å². The summed E-state index contributed by atoms with van der Waals surface area (Å²) in [7, 11) is 2.76. The molecule has 0 aromatic heterocycles. The van der Waals surface area contributed by atoms with Gasteiger partial charge in [0.1, 0.15) is 12.3 Å². The second-order valence-electron chi connectivity index (χ2n) is 4.45. The summed E-state index contributed by atoms with van der Waals surface area (Å²) in [5.41, 5.74) is 0.317. The smallest absolute Gasteiger partial charge is 0.325 e.